The first kappa shape index (κ1) is 16.1. The normalized spacial score (nSPS) is 23.4. The second-order valence-electron chi connectivity index (χ2n) is 6.30. The Morgan fingerprint density at radius 2 is 2.10 bits per heavy atom. The minimum atomic E-state index is -0.546. The van der Waals surface area contributed by atoms with Crippen LogP contribution in [-0.4, -0.2) is 12.2 Å². The number of ether oxygens (including phenoxy) is 1. The number of benzene rings is 1. The van der Waals surface area contributed by atoms with Crippen molar-refractivity contribution >= 4 is 27.5 Å². The summed E-state index contributed by atoms with van der Waals surface area (Å²) >= 11 is 9.59. The van der Waals surface area contributed by atoms with Gasteiger partial charge in [0.15, 0.2) is 0 Å². The van der Waals surface area contributed by atoms with E-state index >= 15 is 0 Å². The van der Waals surface area contributed by atoms with Crippen molar-refractivity contribution < 1.29 is 9.84 Å². The van der Waals surface area contributed by atoms with Crippen molar-refractivity contribution in [1.29, 1.82) is 0 Å². The highest BCUT2D eigenvalue weighted by Crippen LogP contribution is 2.49. The van der Waals surface area contributed by atoms with E-state index in [4.69, 9.17) is 16.3 Å². The monoisotopic (exact) mass is 360 g/mol. The van der Waals surface area contributed by atoms with Crippen molar-refractivity contribution in [2.24, 2.45) is 11.3 Å². The minimum absolute atomic E-state index is 0.136. The van der Waals surface area contributed by atoms with Crippen LogP contribution in [-0.2, 0) is 0 Å². The molecule has 1 aliphatic carbocycles. The molecule has 1 saturated carbocycles. The Balaban J connectivity index is 2.39. The second-order valence-corrected chi connectivity index (χ2v) is 7.59. The SMILES string of the molecule is COc1c(Br)cc(Cl)cc1C(O)C1CCCCC1(C)C. The van der Waals surface area contributed by atoms with Crippen LogP contribution < -0.4 is 4.74 Å². The highest BCUT2D eigenvalue weighted by Gasteiger charge is 2.38. The smallest absolute Gasteiger partial charge is 0.138 e. The van der Waals surface area contributed by atoms with Crippen LogP contribution in [0.2, 0.25) is 5.02 Å². The fourth-order valence-corrected chi connectivity index (χ4v) is 4.33. The molecule has 0 amide bonds. The molecule has 0 bridgehead atoms. The molecule has 1 N–H and O–H groups in total. The first-order valence-electron chi connectivity index (χ1n) is 7.08. The van der Waals surface area contributed by atoms with Gasteiger partial charge in [0, 0.05) is 10.6 Å². The van der Waals surface area contributed by atoms with Gasteiger partial charge in [-0.1, -0.05) is 38.3 Å². The Morgan fingerprint density at radius 1 is 1.40 bits per heavy atom. The molecule has 2 rings (SSSR count). The van der Waals surface area contributed by atoms with Crippen LogP contribution in [0.25, 0.3) is 0 Å². The molecule has 20 heavy (non-hydrogen) atoms. The molecule has 0 spiro atoms. The molecule has 0 saturated heterocycles. The third-order valence-corrected chi connectivity index (χ3v) is 5.34. The summed E-state index contributed by atoms with van der Waals surface area (Å²) in [6.07, 6.45) is 4.07. The zero-order valence-electron chi connectivity index (χ0n) is 12.2. The summed E-state index contributed by atoms with van der Waals surface area (Å²) in [6, 6.07) is 3.61. The van der Waals surface area contributed by atoms with Gasteiger partial charge in [0.1, 0.15) is 5.75 Å². The topological polar surface area (TPSA) is 29.5 Å². The third-order valence-electron chi connectivity index (χ3n) is 4.53. The van der Waals surface area contributed by atoms with E-state index in [2.05, 4.69) is 29.8 Å². The summed E-state index contributed by atoms with van der Waals surface area (Å²) in [5.41, 5.74) is 0.921. The lowest BCUT2D eigenvalue weighted by Crippen LogP contribution is -2.32. The number of aliphatic hydroxyl groups is 1. The molecular weight excluding hydrogens is 340 g/mol. The summed E-state index contributed by atoms with van der Waals surface area (Å²) in [5, 5.41) is 11.5. The molecule has 0 aliphatic heterocycles. The molecule has 0 aromatic heterocycles. The summed E-state index contributed by atoms with van der Waals surface area (Å²) in [5.74, 6) is 0.916. The van der Waals surface area contributed by atoms with Crippen LogP contribution in [0.15, 0.2) is 16.6 Å². The van der Waals surface area contributed by atoms with Crippen molar-refractivity contribution in [2.45, 2.75) is 45.6 Å². The number of halogens is 2. The molecule has 112 valence electrons. The van der Waals surface area contributed by atoms with E-state index in [1.54, 1.807) is 13.2 Å². The second kappa shape index (κ2) is 6.25. The van der Waals surface area contributed by atoms with Crippen molar-refractivity contribution in [3.05, 3.63) is 27.2 Å². The summed E-state index contributed by atoms with van der Waals surface area (Å²) in [4.78, 5) is 0. The summed E-state index contributed by atoms with van der Waals surface area (Å²) < 4.78 is 6.23. The Bertz CT molecular complexity index is 488. The average molecular weight is 362 g/mol. The maximum atomic E-state index is 10.9. The lowest BCUT2D eigenvalue weighted by atomic mass is 9.65. The first-order chi connectivity index (χ1) is 9.36. The summed E-state index contributed by atoms with van der Waals surface area (Å²) in [6.45, 7) is 4.48. The molecule has 0 heterocycles. The molecule has 1 fully saturated rings. The Hall–Kier alpha value is -0.250. The van der Waals surface area contributed by atoms with Gasteiger partial charge in [0.05, 0.1) is 17.7 Å². The first-order valence-corrected chi connectivity index (χ1v) is 8.25. The molecular formula is C16H22BrClO2. The average Bonchev–Trinajstić information content (AvgIpc) is 2.36. The van der Waals surface area contributed by atoms with Gasteiger partial charge in [-0.15, -0.1) is 0 Å². The number of hydrogen-bond donors (Lipinski definition) is 1. The van der Waals surface area contributed by atoms with Gasteiger partial charge in [0.2, 0.25) is 0 Å². The lowest BCUT2D eigenvalue weighted by Gasteiger charge is -2.41. The van der Waals surface area contributed by atoms with Crippen LogP contribution in [0.4, 0.5) is 0 Å². The molecule has 2 nitrogen and oxygen atoms in total. The van der Waals surface area contributed by atoms with Crippen LogP contribution in [0.3, 0.4) is 0 Å². The highest BCUT2D eigenvalue weighted by atomic mass is 79.9. The van der Waals surface area contributed by atoms with Crippen LogP contribution >= 0.6 is 27.5 Å². The van der Waals surface area contributed by atoms with Gasteiger partial charge in [-0.2, -0.15) is 0 Å². The minimum Gasteiger partial charge on any atom is -0.495 e. The number of methoxy groups -OCH3 is 1. The van der Waals surface area contributed by atoms with Crippen molar-refractivity contribution in [3.8, 4) is 5.75 Å². The fraction of sp³-hybridized carbons (Fsp3) is 0.625. The van der Waals surface area contributed by atoms with Gasteiger partial charge in [0.25, 0.3) is 0 Å². The predicted octanol–water partition coefficient (Wildman–Crippen LogP) is 5.36. The van der Waals surface area contributed by atoms with Gasteiger partial charge >= 0.3 is 0 Å². The van der Waals surface area contributed by atoms with E-state index in [0.29, 0.717) is 10.8 Å². The number of rotatable bonds is 3. The van der Waals surface area contributed by atoms with Crippen molar-refractivity contribution in [2.75, 3.05) is 7.11 Å². The maximum Gasteiger partial charge on any atom is 0.138 e. The maximum absolute atomic E-state index is 10.9. The molecule has 2 atom stereocenters. The highest BCUT2D eigenvalue weighted by molar-refractivity contribution is 9.10. The van der Waals surface area contributed by atoms with Gasteiger partial charge in [-0.3, -0.25) is 0 Å². The standard InChI is InChI=1S/C16H22BrClO2/c1-16(2)7-5-4-6-12(16)14(19)11-8-10(18)9-13(17)15(11)20-3/h8-9,12,14,19H,4-7H2,1-3H3. The quantitative estimate of drug-likeness (QED) is 0.785. The van der Waals surface area contributed by atoms with E-state index < -0.39 is 6.10 Å². The third kappa shape index (κ3) is 3.15. The molecule has 4 heteroatoms. The molecule has 0 radical (unpaired) electrons. The van der Waals surface area contributed by atoms with Gasteiger partial charge in [-0.25, -0.2) is 0 Å². The van der Waals surface area contributed by atoms with Crippen LogP contribution in [0.1, 0.15) is 51.2 Å². The van der Waals surface area contributed by atoms with Crippen molar-refractivity contribution in [3.63, 3.8) is 0 Å². The predicted molar refractivity (Wildman–Crippen MR) is 86.4 cm³/mol. The Kier molecular flexibility index (Phi) is 5.04. The molecule has 2 unspecified atom stereocenters. The van der Waals surface area contributed by atoms with Gasteiger partial charge < -0.3 is 9.84 Å². The van der Waals surface area contributed by atoms with E-state index in [0.717, 1.165) is 22.9 Å². The number of hydrogen-bond acceptors (Lipinski definition) is 2. The Morgan fingerprint density at radius 3 is 2.70 bits per heavy atom. The Labute approximate surface area is 134 Å². The lowest BCUT2D eigenvalue weighted by molar-refractivity contribution is 0.00264. The summed E-state index contributed by atoms with van der Waals surface area (Å²) in [7, 11) is 1.62. The zero-order chi connectivity index (χ0) is 14.9. The fourth-order valence-electron chi connectivity index (χ4n) is 3.34. The van der Waals surface area contributed by atoms with E-state index in [9.17, 15) is 5.11 Å². The zero-order valence-corrected chi connectivity index (χ0v) is 14.6. The van der Waals surface area contributed by atoms with E-state index in [1.165, 1.54) is 12.8 Å². The van der Waals surface area contributed by atoms with Crippen LogP contribution in [0, 0.1) is 11.3 Å². The molecule has 1 aromatic carbocycles. The van der Waals surface area contributed by atoms with Crippen molar-refractivity contribution in [1.82, 2.24) is 0 Å². The van der Waals surface area contributed by atoms with E-state index in [1.807, 2.05) is 6.07 Å². The van der Waals surface area contributed by atoms with Gasteiger partial charge in [-0.05, 0) is 52.2 Å². The largest absolute Gasteiger partial charge is 0.495 e. The number of aliphatic hydroxyl groups excluding tert-OH is 1. The van der Waals surface area contributed by atoms with Crippen LogP contribution in [0.5, 0.6) is 5.75 Å². The molecule has 1 aromatic rings. The van der Waals surface area contributed by atoms with E-state index in [-0.39, 0.29) is 11.3 Å². The molecule has 1 aliphatic rings.